The first-order valence-corrected chi connectivity index (χ1v) is 7.66. The van der Waals surface area contributed by atoms with E-state index in [9.17, 15) is 0 Å². The highest BCUT2D eigenvalue weighted by Crippen LogP contribution is 2.20. The molecule has 0 aliphatic heterocycles. The summed E-state index contributed by atoms with van der Waals surface area (Å²) in [5.41, 5.74) is 0.882. The van der Waals surface area contributed by atoms with Crippen LogP contribution in [0.2, 0.25) is 0 Å². The van der Waals surface area contributed by atoms with E-state index < -0.39 is 0 Å². The molecule has 1 unspecified atom stereocenters. The van der Waals surface area contributed by atoms with E-state index in [-0.39, 0.29) is 0 Å². The van der Waals surface area contributed by atoms with Crippen LogP contribution >= 0.6 is 0 Å². The fourth-order valence-corrected chi connectivity index (χ4v) is 2.41. The highest BCUT2D eigenvalue weighted by molar-refractivity contribution is 5.86. The van der Waals surface area contributed by atoms with Crippen LogP contribution in [0.25, 0.3) is 11.0 Å². The predicted octanol–water partition coefficient (Wildman–Crippen LogP) is 2.27. The summed E-state index contributed by atoms with van der Waals surface area (Å²) < 4.78 is 1.80. The molecule has 0 aliphatic rings. The van der Waals surface area contributed by atoms with Crippen molar-refractivity contribution >= 4 is 16.9 Å². The van der Waals surface area contributed by atoms with Gasteiger partial charge in [0, 0.05) is 20.1 Å². The van der Waals surface area contributed by atoms with Gasteiger partial charge in [-0.1, -0.05) is 20.3 Å². The Morgan fingerprint density at radius 2 is 2.10 bits per heavy atom. The molecule has 0 fully saturated rings. The van der Waals surface area contributed by atoms with Gasteiger partial charge in [-0.05, 0) is 19.9 Å². The van der Waals surface area contributed by atoms with Gasteiger partial charge in [-0.2, -0.15) is 5.10 Å². The standard InChI is InChI=1S/C15H26N6/c1-6-11(3)9-20(4)10-13-18-14(16-7-2)12-8-17-21(5)15(12)19-13/h8,11H,6-7,9-10H2,1-5H3,(H,16,18,19). The molecule has 0 bridgehead atoms. The molecule has 0 amide bonds. The summed E-state index contributed by atoms with van der Waals surface area (Å²) >= 11 is 0. The molecule has 0 aromatic carbocycles. The Labute approximate surface area is 126 Å². The summed E-state index contributed by atoms with van der Waals surface area (Å²) in [6.07, 6.45) is 3.01. The van der Waals surface area contributed by atoms with Crippen LogP contribution in [0, 0.1) is 5.92 Å². The van der Waals surface area contributed by atoms with E-state index in [4.69, 9.17) is 0 Å². The largest absolute Gasteiger partial charge is 0.370 e. The molecule has 1 atom stereocenters. The fourth-order valence-electron chi connectivity index (χ4n) is 2.41. The summed E-state index contributed by atoms with van der Waals surface area (Å²) in [7, 11) is 4.04. The van der Waals surface area contributed by atoms with Crippen LogP contribution in [0.4, 0.5) is 5.82 Å². The van der Waals surface area contributed by atoms with E-state index in [0.29, 0.717) is 5.92 Å². The minimum atomic E-state index is 0.684. The van der Waals surface area contributed by atoms with Gasteiger partial charge in [-0.25, -0.2) is 9.97 Å². The molecule has 1 N–H and O–H groups in total. The second-order valence-electron chi connectivity index (χ2n) is 5.73. The van der Waals surface area contributed by atoms with Crippen LogP contribution in [0.1, 0.15) is 33.0 Å². The lowest BCUT2D eigenvalue weighted by molar-refractivity contribution is 0.269. The zero-order valence-corrected chi connectivity index (χ0v) is 13.7. The molecule has 116 valence electrons. The van der Waals surface area contributed by atoms with Gasteiger partial charge in [0.2, 0.25) is 0 Å². The maximum atomic E-state index is 4.66. The van der Waals surface area contributed by atoms with Crippen molar-refractivity contribution in [3.8, 4) is 0 Å². The van der Waals surface area contributed by atoms with E-state index in [0.717, 1.165) is 42.3 Å². The van der Waals surface area contributed by atoms with Crippen LogP contribution in [-0.2, 0) is 13.6 Å². The normalized spacial score (nSPS) is 13.0. The highest BCUT2D eigenvalue weighted by Gasteiger charge is 2.13. The third kappa shape index (κ3) is 3.69. The molecule has 0 spiro atoms. The van der Waals surface area contributed by atoms with E-state index in [1.54, 1.807) is 4.68 Å². The first kappa shape index (κ1) is 15.7. The fraction of sp³-hybridized carbons (Fsp3) is 0.667. The molecular weight excluding hydrogens is 264 g/mol. The quantitative estimate of drug-likeness (QED) is 0.847. The van der Waals surface area contributed by atoms with Gasteiger partial charge in [-0.15, -0.1) is 0 Å². The van der Waals surface area contributed by atoms with E-state index >= 15 is 0 Å². The number of hydrogen-bond acceptors (Lipinski definition) is 5. The Balaban J connectivity index is 2.25. The zero-order valence-electron chi connectivity index (χ0n) is 13.7. The number of aromatic nitrogens is 4. The third-order valence-corrected chi connectivity index (χ3v) is 3.71. The average molecular weight is 290 g/mol. The maximum absolute atomic E-state index is 4.66. The van der Waals surface area contributed by atoms with Gasteiger partial charge in [0.15, 0.2) is 5.65 Å². The third-order valence-electron chi connectivity index (χ3n) is 3.71. The molecule has 2 aromatic heterocycles. The summed E-state index contributed by atoms with van der Waals surface area (Å²) in [6, 6.07) is 0. The maximum Gasteiger partial charge on any atom is 0.163 e. The molecule has 2 rings (SSSR count). The second kappa shape index (κ2) is 6.85. The summed E-state index contributed by atoms with van der Waals surface area (Å²) in [6.45, 7) is 9.21. The zero-order chi connectivity index (χ0) is 15.4. The summed E-state index contributed by atoms with van der Waals surface area (Å²) in [5.74, 6) is 2.40. The Bertz CT molecular complexity index is 591. The number of nitrogens with zero attached hydrogens (tertiary/aromatic N) is 5. The summed E-state index contributed by atoms with van der Waals surface area (Å²) in [5, 5.41) is 8.57. The van der Waals surface area contributed by atoms with Crippen molar-refractivity contribution in [1.82, 2.24) is 24.6 Å². The number of hydrogen-bond donors (Lipinski definition) is 1. The molecule has 2 aromatic rings. The van der Waals surface area contributed by atoms with Crippen LogP contribution in [-0.4, -0.2) is 44.8 Å². The van der Waals surface area contributed by atoms with Gasteiger partial charge < -0.3 is 5.32 Å². The lowest BCUT2D eigenvalue weighted by atomic mass is 10.1. The molecular formula is C15H26N6. The minimum absolute atomic E-state index is 0.684. The Morgan fingerprint density at radius 3 is 2.76 bits per heavy atom. The van der Waals surface area contributed by atoms with Gasteiger partial charge >= 0.3 is 0 Å². The van der Waals surface area contributed by atoms with Crippen molar-refractivity contribution in [2.24, 2.45) is 13.0 Å². The van der Waals surface area contributed by atoms with Crippen molar-refractivity contribution in [2.75, 3.05) is 25.5 Å². The van der Waals surface area contributed by atoms with Crippen molar-refractivity contribution in [3.63, 3.8) is 0 Å². The topological polar surface area (TPSA) is 58.9 Å². The Morgan fingerprint density at radius 1 is 1.33 bits per heavy atom. The van der Waals surface area contributed by atoms with Crippen LogP contribution in [0.5, 0.6) is 0 Å². The predicted molar refractivity (Wildman–Crippen MR) is 86.3 cm³/mol. The molecule has 21 heavy (non-hydrogen) atoms. The lowest BCUT2D eigenvalue weighted by Crippen LogP contribution is -2.25. The van der Waals surface area contributed by atoms with Crippen molar-refractivity contribution in [1.29, 1.82) is 0 Å². The first-order chi connectivity index (χ1) is 10.0. The van der Waals surface area contributed by atoms with Crippen LogP contribution in [0.3, 0.4) is 0 Å². The van der Waals surface area contributed by atoms with Crippen molar-refractivity contribution < 1.29 is 0 Å². The van der Waals surface area contributed by atoms with Crippen molar-refractivity contribution in [2.45, 2.75) is 33.7 Å². The SMILES string of the molecule is CCNc1nc(CN(C)CC(C)CC)nc2c1cnn2C. The van der Waals surface area contributed by atoms with E-state index in [1.165, 1.54) is 6.42 Å². The lowest BCUT2D eigenvalue weighted by Gasteiger charge is -2.20. The van der Waals surface area contributed by atoms with E-state index in [1.807, 2.05) is 13.2 Å². The second-order valence-corrected chi connectivity index (χ2v) is 5.73. The van der Waals surface area contributed by atoms with Gasteiger partial charge in [0.05, 0.1) is 18.1 Å². The number of rotatable bonds is 7. The number of aryl methyl sites for hydroxylation is 1. The molecule has 0 saturated heterocycles. The minimum Gasteiger partial charge on any atom is -0.370 e. The van der Waals surface area contributed by atoms with Gasteiger partial charge in [0.1, 0.15) is 11.6 Å². The molecule has 6 nitrogen and oxygen atoms in total. The van der Waals surface area contributed by atoms with E-state index in [2.05, 4.69) is 53.1 Å². The monoisotopic (exact) mass is 290 g/mol. The van der Waals surface area contributed by atoms with Gasteiger partial charge in [-0.3, -0.25) is 9.58 Å². The number of fused-ring (bicyclic) bond motifs is 1. The van der Waals surface area contributed by atoms with Crippen molar-refractivity contribution in [3.05, 3.63) is 12.0 Å². The van der Waals surface area contributed by atoms with Crippen LogP contribution in [0.15, 0.2) is 6.20 Å². The molecule has 0 aliphatic carbocycles. The molecule has 2 heterocycles. The number of nitrogens with one attached hydrogen (secondary N) is 1. The highest BCUT2D eigenvalue weighted by atomic mass is 15.3. The number of anilines is 1. The average Bonchev–Trinajstić information content (AvgIpc) is 2.81. The Kier molecular flexibility index (Phi) is 5.12. The Hall–Kier alpha value is -1.69. The molecule has 6 heteroatoms. The van der Waals surface area contributed by atoms with Gasteiger partial charge in [0.25, 0.3) is 0 Å². The smallest absolute Gasteiger partial charge is 0.163 e. The molecule has 0 radical (unpaired) electrons. The first-order valence-electron chi connectivity index (χ1n) is 7.66. The van der Waals surface area contributed by atoms with Crippen LogP contribution < -0.4 is 5.32 Å². The molecule has 0 saturated carbocycles. The summed E-state index contributed by atoms with van der Waals surface area (Å²) in [4.78, 5) is 11.6.